The molecule has 128 valence electrons. The summed E-state index contributed by atoms with van der Waals surface area (Å²) in [7, 11) is 0. The van der Waals surface area contributed by atoms with E-state index in [0.29, 0.717) is 12.2 Å². The van der Waals surface area contributed by atoms with Crippen LogP contribution in [-0.2, 0) is 16.0 Å². The summed E-state index contributed by atoms with van der Waals surface area (Å²) in [5.74, 6) is 0.0528. The van der Waals surface area contributed by atoms with Crippen molar-refractivity contribution in [1.82, 2.24) is 10.9 Å². The Morgan fingerprint density at radius 1 is 1.08 bits per heavy atom. The van der Waals surface area contributed by atoms with Gasteiger partial charge in [-0.3, -0.25) is 20.4 Å². The Balaban J connectivity index is 1.62. The fraction of sp³-hybridized carbons (Fsp3) is 0.333. The van der Waals surface area contributed by atoms with Gasteiger partial charge in [-0.25, -0.2) is 0 Å². The third-order valence-electron chi connectivity index (χ3n) is 3.31. The molecule has 1 aromatic heterocycles. The van der Waals surface area contributed by atoms with Crippen LogP contribution in [0.4, 0.5) is 0 Å². The first-order chi connectivity index (χ1) is 11.5. The van der Waals surface area contributed by atoms with Crippen LogP contribution >= 0.6 is 11.3 Å². The third-order valence-corrected chi connectivity index (χ3v) is 4.25. The molecule has 0 aliphatic rings. The van der Waals surface area contributed by atoms with Gasteiger partial charge in [0.2, 0.25) is 5.91 Å². The van der Waals surface area contributed by atoms with E-state index in [9.17, 15) is 9.59 Å². The molecule has 2 aromatic rings. The average molecular weight is 346 g/mol. The van der Waals surface area contributed by atoms with Crippen molar-refractivity contribution in [2.45, 2.75) is 33.1 Å². The van der Waals surface area contributed by atoms with Gasteiger partial charge in [0.15, 0.2) is 6.61 Å². The molecule has 0 aliphatic carbocycles. The summed E-state index contributed by atoms with van der Waals surface area (Å²) in [4.78, 5) is 24.6. The number of aryl methyl sites for hydroxylation is 3. The number of rotatable bonds is 7. The molecule has 0 spiro atoms. The first kappa shape index (κ1) is 18.0. The fourth-order valence-corrected chi connectivity index (χ4v) is 3.03. The molecular weight excluding hydrogens is 324 g/mol. The van der Waals surface area contributed by atoms with Gasteiger partial charge in [0.25, 0.3) is 5.91 Å². The fourth-order valence-electron chi connectivity index (χ4n) is 2.28. The highest BCUT2D eigenvalue weighted by Gasteiger charge is 2.06. The van der Waals surface area contributed by atoms with Gasteiger partial charge in [0.1, 0.15) is 5.75 Å². The minimum atomic E-state index is -0.388. The summed E-state index contributed by atoms with van der Waals surface area (Å²) < 4.78 is 5.43. The number of carbonyl (C=O) groups excluding carboxylic acids is 2. The first-order valence-corrected chi connectivity index (χ1v) is 8.72. The maximum atomic E-state index is 11.7. The van der Waals surface area contributed by atoms with Crippen LogP contribution in [0.1, 0.15) is 28.8 Å². The number of nitrogens with one attached hydrogen (secondary N) is 2. The number of thiophene rings is 1. The van der Waals surface area contributed by atoms with Crippen LogP contribution in [0.25, 0.3) is 0 Å². The van der Waals surface area contributed by atoms with E-state index in [1.54, 1.807) is 11.3 Å². The van der Waals surface area contributed by atoms with Crippen molar-refractivity contribution < 1.29 is 14.3 Å². The van der Waals surface area contributed by atoms with E-state index in [1.165, 1.54) is 4.88 Å². The van der Waals surface area contributed by atoms with Gasteiger partial charge >= 0.3 is 0 Å². The minimum Gasteiger partial charge on any atom is -0.484 e. The quantitative estimate of drug-likeness (QED) is 0.758. The number of benzene rings is 1. The van der Waals surface area contributed by atoms with E-state index in [1.807, 2.05) is 43.5 Å². The number of hydrogen-bond donors (Lipinski definition) is 2. The lowest BCUT2D eigenvalue weighted by Gasteiger charge is -2.10. The summed E-state index contributed by atoms with van der Waals surface area (Å²) in [5, 5.41) is 2.02. The van der Waals surface area contributed by atoms with Crippen molar-refractivity contribution in [1.29, 1.82) is 0 Å². The van der Waals surface area contributed by atoms with Crippen LogP contribution in [0.2, 0.25) is 0 Å². The van der Waals surface area contributed by atoms with Crippen molar-refractivity contribution in [2.75, 3.05) is 6.61 Å². The second kappa shape index (κ2) is 9.08. The molecule has 0 aliphatic heterocycles. The van der Waals surface area contributed by atoms with E-state index in [4.69, 9.17) is 4.74 Å². The van der Waals surface area contributed by atoms with E-state index in [-0.39, 0.29) is 18.4 Å². The van der Waals surface area contributed by atoms with Crippen LogP contribution in [-0.4, -0.2) is 18.4 Å². The summed E-state index contributed by atoms with van der Waals surface area (Å²) >= 11 is 1.68. The number of carbonyl (C=O) groups is 2. The van der Waals surface area contributed by atoms with Crippen LogP contribution in [0.5, 0.6) is 5.75 Å². The van der Waals surface area contributed by atoms with E-state index in [2.05, 4.69) is 16.9 Å². The molecule has 0 atom stereocenters. The van der Waals surface area contributed by atoms with Crippen molar-refractivity contribution in [3.63, 3.8) is 0 Å². The molecule has 0 bridgehead atoms. The smallest absolute Gasteiger partial charge is 0.276 e. The molecule has 0 unspecified atom stereocenters. The summed E-state index contributed by atoms with van der Waals surface area (Å²) in [6.45, 7) is 3.80. The Morgan fingerprint density at radius 3 is 2.46 bits per heavy atom. The van der Waals surface area contributed by atoms with E-state index in [0.717, 1.165) is 24.0 Å². The van der Waals surface area contributed by atoms with Gasteiger partial charge < -0.3 is 4.74 Å². The predicted molar refractivity (Wildman–Crippen MR) is 95.0 cm³/mol. The number of amides is 2. The van der Waals surface area contributed by atoms with Gasteiger partial charge in [0.05, 0.1) is 0 Å². The first-order valence-electron chi connectivity index (χ1n) is 7.84. The van der Waals surface area contributed by atoms with Crippen LogP contribution in [0.3, 0.4) is 0 Å². The molecule has 1 heterocycles. The van der Waals surface area contributed by atoms with E-state index >= 15 is 0 Å². The van der Waals surface area contributed by atoms with Gasteiger partial charge in [0, 0.05) is 11.3 Å². The Hall–Kier alpha value is -2.34. The maximum absolute atomic E-state index is 11.7. The predicted octanol–water partition coefficient (Wildman–Crippen LogP) is 2.91. The lowest BCUT2D eigenvalue weighted by Crippen LogP contribution is -2.43. The van der Waals surface area contributed by atoms with Gasteiger partial charge in [-0.15, -0.1) is 11.3 Å². The normalized spacial score (nSPS) is 10.2. The summed E-state index contributed by atoms with van der Waals surface area (Å²) in [6, 6.07) is 9.81. The molecule has 24 heavy (non-hydrogen) atoms. The lowest BCUT2D eigenvalue weighted by atomic mass is 10.1. The molecule has 5 nitrogen and oxygen atoms in total. The standard InChI is InChI=1S/C18H22N2O3S/c1-13-9-14(2)11-15(10-13)23-12-18(22)20-19-17(21)7-3-5-16-6-4-8-24-16/h4,6,8-11H,3,5,7,12H2,1-2H3,(H,19,21)(H,20,22). The molecule has 0 radical (unpaired) electrons. The molecule has 0 fully saturated rings. The molecule has 0 saturated heterocycles. The Kier molecular flexibility index (Phi) is 6.81. The lowest BCUT2D eigenvalue weighted by molar-refractivity contribution is -0.130. The molecule has 2 rings (SSSR count). The van der Waals surface area contributed by atoms with E-state index < -0.39 is 0 Å². The zero-order valence-electron chi connectivity index (χ0n) is 13.9. The third kappa shape index (κ3) is 6.42. The topological polar surface area (TPSA) is 67.4 Å². The van der Waals surface area contributed by atoms with Crippen molar-refractivity contribution in [3.05, 3.63) is 51.7 Å². The Morgan fingerprint density at radius 2 is 1.79 bits per heavy atom. The second-order valence-corrected chi connectivity index (χ2v) is 6.67. The monoisotopic (exact) mass is 346 g/mol. The van der Waals surface area contributed by atoms with Crippen molar-refractivity contribution in [2.24, 2.45) is 0 Å². The molecule has 1 aromatic carbocycles. The van der Waals surface area contributed by atoms with Crippen LogP contribution in [0, 0.1) is 13.8 Å². The SMILES string of the molecule is Cc1cc(C)cc(OCC(=O)NNC(=O)CCCc2cccs2)c1. The zero-order valence-corrected chi connectivity index (χ0v) is 14.7. The van der Waals surface area contributed by atoms with Crippen LogP contribution < -0.4 is 15.6 Å². The number of hydrogen-bond acceptors (Lipinski definition) is 4. The van der Waals surface area contributed by atoms with Gasteiger partial charge in [-0.1, -0.05) is 12.1 Å². The maximum Gasteiger partial charge on any atom is 0.276 e. The molecule has 2 N–H and O–H groups in total. The van der Waals surface area contributed by atoms with Gasteiger partial charge in [-0.05, 0) is 61.4 Å². The Bertz CT molecular complexity index is 663. The largest absolute Gasteiger partial charge is 0.484 e. The Labute approximate surface area is 146 Å². The van der Waals surface area contributed by atoms with Crippen molar-refractivity contribution >= 4 is 23.2 Å². The molecular formula is C18H22N2O3S. The summed E-state index contributed by atoms with van der Waals surface area (Å²) in [6.07, 6.45) is 1.99. The van der Waals surface area contributed by atoms with Crippen molar-refractivity contribution in [3.8, 4) is 5.75 Å². The highest BCUT2D eigenvalue weighted by molar-refractivity contribution is 7.09. The van der Waals surface area contributed by atoms with Gasteiger partial charge in [-0.2, -0.15) is 0 Å². The number of hydrazine groups is 1. The average Bonchev–Trinajstić information content (AvgIpc) is 3.03. The van der Waals surface area contributed by atoms with Crippen LogP contribution in [0.15, 0.2) is 35.7 Å². The molecule has 2 amide bonds. The highest BCUT2D eigenvalue weighted by Crippen LogP contribution is 2.16. The minimum absolute atomic E-state index is 0.141. The number of ether oxygens (including phenoxy) is 1. The zero-order chi connectivity index (χ0) is 17.4. The molecule has 0 saturated carbocycles. The summed E-state index contributed by atoms with van der Waals surface area (Å²) in [5.41, 5.74) is 6.92. The highest BCUT2D eigenvalue weighted by atomic mass is 32.1. The molecule has 6 heteroatoms. The second-order valence-electron chi connectivity index (χ2n) is 5.64.